The van der Waals surface area contributed by atoms with E-state index in [1.807, 2.05) is 12.2 Å². The number of nitrogens with zero attached hydrogens (tertiary/aromatic N) is 8. The summed E-state index contributed by atoms with van der Waals surface area (Å²) in [6.07, 6.45) is 7.34. The van der Waals surface area contributed by atoms with E-state index in [1.54, 1.807) is 0 Å². The Balaban J connectivity index is 0.000000152. The number of fused-ring (bicyclic) bond motifs is 10. The summed E-state index contributed by atoms with van der Waals surface area (Å²) in [5.74, 6) is 0. The molecule has 8 heteroatoms. The van der Waals surface area contributed by atoms with Crippen molar-refractivity contribution in [2.45, 2.75) is 25.7 Å². The topological polar surface area (TPSA) is 36.1 Å². The minimum atomic E-state index is 0.826. The van der Waals surface area contributed by atoms with Crippen LogP contribution in [0.4, 0.5) is 34.1 Å². The predicted molar refractivity (Wildman–Crippen MR) is 526 cm³/mol. The van der Waals surface area contributed by atoms with Gasteiger partial charge in [-0.1, -0.05) is 232 Å². The van der Waals surface area contributed by atoms with Crippen LogP contribution in [0.25, 0.3) is 155 Å². The molecule has 0 fully saturated rings. The van der Waals surface area contributed by atoms with Crippen LogP contribution in [0, 0.1) is 0 Å². The molecule has 0 spiro atoms. The Morgan fingerprint density at radius 2 is 0.444 bits per heavy atom. The van der Waals surface area contributed by atoms with Crippen LogP contribution < -0.4 is 9.80 Å². The fourth-order valence-corrected chi connectivity index (χ4v) is 18.5. The maximum Gasteiger partial charge on any atom is 0.0542 e. The molecule has 0 saturated heterocycles. The molecule has 0 amide bonds. The Hall–Kier alpha value is -16.2. The zero-order valence-corrected chi connectivity index (χ0v) is 68.8. The lowest BCUT2D eigenvalue weighted by Gasteiger charge is -2.25. The Labute approximate surface area is 721 Å². The van der Waals surface area contributed by atoms with Crippen LogP contribution in [0.2, 0.25) is 0 Å². The zero-order chi connectivity index (χ0) is 83.1. The van der Waals surface area contributed by atoms with Crippen LogP contribution in [0.3, 0.4) is 0 Å². The lowest BCUT2D eigenvalue weighted by atomic mass is 10.1. The highest BCUT2D eigenvalue weighted by Gasteiger charge is 2.25. The summed E-state index contributed by atoms with van der Waals surface area (Å²) >= 11 is 0. The van der Waals surface area contributed by atoms with Gasteiger partial charge in [-0.25, -0.2) is 0 Å². The fourth-order valence-electron chi connectivity index (χ4n) is 18.5. The van der Waals surface area contributed by atoms with Gasteiger partial charge in [0.2, 0.25) is 0 Å². The summed E-state index contributed by atoms with van der Waals surface area (Å²) in [6, 6.07) is 153. The quantitative estimate of drug-likeness (QED) is 0.0634. The minimum absolute atomic E-state index is 0.826. The van der Waals surface area contributed by atoms with Crippen molar-refractivity contribution in [2.24, 2.45) is 0 Å². The van der Waals surface area contributed by atoms with Gasteiger partial charge in [-0.3, -0.25) is 0 Å². The average molecular weight is 1590 g/mol. The first-order chi connectivity index (χ1) is 61.3. The number of para-hydroxylation sites is 8. The van der Waals surface area contributed by atoms with Gasteiger partial charge in [-0.15, -0.1) is 13.2 Å². The van der Waals surface area contributed by atoms with Gasteiger partial charge in [-0.2, -0.15) is 0 Å². The molecule has 0 saturated carbocycles. The van der Waals surface area contributed by atoms with Gasteiger partial charge in [-0.05, 0) is 266 Å². The highest BCUT2D eigenvalue weighted by molar-refractivity contribution is 6.11. The predicted octanol–water partition coefficient (Wildman–Crippen LogP) is 31.6. The molecule has 0 radical (unpaired) electrons. The Kier molecular flexibility index (Phi) is 19.8. The summed E-state index contributed by atoms with van der Waals surface area (Å²) in [5.41, 5.74) is 31.7. The zero-order valence-electron chi connectivity index (χ0n) is 68.8. The second kappa shape index (κ2) is 32.5. The second-order valence-electron chi connectivity index (χ2n) is 31.8. The van der Waals surface area contributed by atoms with Gasteiger partial charge in [0.15, 0.2) is 0 Å². The van der Waals surface area contributed by atoms with Crippen molar-refractivity contribution in [3.63, 3.8) is 0 Å². The number of allylic oxidation sites excluding steroid dienone is 4. The minimum Gasteiger partial charge on any atom is -0.311 e. The van der Waals surface area contributed by atoms with Gasteiger partial charge < -0.3 is 37.2 Å². The summed E-state index contributed by atoms with van der Waals surface area (Å²) in [7, 11) is 0. The third-order valence-electron chi connectivity index (χ3n) is 24.3. The van der Waals surface area contributed by atoms with Gasteiger partial charge in [0, 0.05) is 123 Å². The number of hydrogen-bond donors (Lipinski definition) is 0. The van der Waals surface area contributed by atoms with Crippen molar-refractivity contribution in [3.8, 4) is 56.6 Å². The Bertz CT molecular complexity index is 7550. The van der Waals surface area contributed by atoms with E-state index >= 15 is 0 Å². The molecule has 0 aliphatic carbocycles. The number of anilines is 6. The summed E-state index contributed by atoms with van der Waals surface area (Å²) < 4.78 is 14.4. The molecule has 0 aliphatic heterocycles. The van der Waals surface area contributed by atoms with Crippen molar-refractivity contribution < 1.29 is 0 Å². The number of hydrogen-bond acceptors (Lipinski definition) is 2. The molecule has 16 aromatic carbocycles. The van der Waals surface area contributed by atoms with Crippen LogP contribution in [-0.2, 0) is 0 Å². The van der Waals surface area contributed by atoms with Gasteiger partial charge in [0.25, 0.3) is 0 Å². The molecule has 6 aromatic heterocycles. The highest BCUT2D eigenvalue weighted by Crippen LogP contribution is 2.45. The molecular formula is C116H88N8. The van der Waals surface area contributed by atoms with Crippen molar-refractivity contribution in [3.05, 3.63) is 475 Å². The van der Waals surface area contributed by atoms with Gasteiger partial charge in [0.1, 0.15) is 0 Å². The third kappa shape index (κ3) is 13.7. The van der Waals surface area contributed by atoms with Crippen molar-refractivity contribution in [2.75, 3.05) is 9.80 Å². The Morgan fingerprint density at radius 1 is 0.218 bits per heavy atom. The van der Waals surface area contributed by atoms with E-state index in [2.05, 4.69) is 488 Å². The first-order valence-electron chi connectivity index (χ1n) is 42.6. The van der Waals surface area contributed by atoms with Gasteiger partial charge in [0.05, 0.1) is 55.5 Å². The standard InChI is InChI=1S/C58H42N4.C58H46N4/c1-3-4-16-39(2)55-35-41-37-58-42(38-57(41)61(55)45-31-27-43(28-32-45)59-51-23-12-8-19-47(51)48-20-9-13-24-52(48)59)36-56(40-17-6-5-7-18-40)62(58)46-33-29-44(30-34-46)60-53-25-14-10-21-49(53)50-22-11-15-26-54(50)60;1-3-4-20-43(2)55-39-45-41-58-46(42-57(45)61(55)53-35-31-51(32-36-53)59(47-23-12-6-13-24-47)48-25-14-7-15-26-48)40-56(44-21-10-5-11-22-44)62(58)54-37-33-52(34-38-54)60(49-27-16-8-17-28-49)50-29-18-9-19-30-50/h3,5-15,17-38H,1-2,4,16H2;3,5-19,21-42H,1-2,4,20H2. The van der Waals surface area contributed by atoms with E-state index in [4.69, 9.17) is 0 Å². The first-order valence-corrected chi connectivity index (χ1v) is 42.6. The van der Waals surface area contributed by atoms with Crippen LogP contribution in [0.1, 0.15) is 37.1 Å². The van der Waals surface area contributed by atoms with Crippen molar-refractivity contribution in [1.29, 1.82) is 0 Å². The summed E-state index contributed by atoms with van der Waals surface area (Å²) in [4.78, 5) is 4.60. The number of aromatic nitrogens is 6. The molecule has 0 atom stereocenters. The third-order valence-corrected chi connectivity index (χ3v) is 24.3. The van der Waals surface area contributed by atoms with Crippen LogP contribution in [0.15, 0.2) is 463 Å². The van der Waals surface area contributed by atoms with Gasteiger partial charge >= 0.3 is 0 Å². The molecule has 0 bridgehead atoms. The van der Waals surface area contributed by atoms with Crippen LogP contribution >= 0.6 is 0 Å². The van der Waals surface area contributed by atoms with E-state index in [0.717, 1.165) is 166 Å². The smallest absolute Gasteiger partial charge is 0.0542 e. The molecule has 0 N–H and O–H groups in total. The lowest BCUT2D eigenvalue weighted by molar-refractivity contribution is 1.02. The van der Waals surface area contributed by atoms with E-state index in [1.165, 1.54) is 59.9 Å². The highest BCUT2D eigenvalue weighted by atomic mass is 15.2. The molecule has 6 heterocycles. The molecule has 0 unspecified atom stereocenters. The van der Waals surface area contributed by atoms with Crippen molar-refractivity contribution in [1.82, 2.24) is 27.4 Å². The molecule has 22 aromatic rings. The lowest BCUT2D eigenvalue weighted by Crippen LogP contribution is -2.10. The monoisotopic (exact) mass is 1590 g/mol. The maximum atomic E-state index is 4.63. The fraction of sp³-hybridized carbons (Fsp3) is 0.0345. The second-order valence-corrected chi connectivity index (χ2v) is 31.8. The number of rotatable bonds is 22. The normalized spacial score (nSPS) is 11.5. The van der Waals surface area contributed by atoms with Crippen molar-refractivity contribution >= 4 is 132 Å². The molecule has 124 heavy (non-hydrogen) atoms. The SMILES string of the molecule is C=CCCC(=C)c1cc2cc3c(cc(-c4ccccc4)n3-c3ccc(-n4c5ccccc5c5ccccc54)cc3)cc2n1-c1ccc(-n2c3ccccc3c3ccccc32)cc1.C=CCCC(=C)c1cc2cc3c(cc(-c4ccccc4)n3-c3ccc(N(c4ccccc4)c4ccccc4)cc3)cc2n1-c1ccc(N(c2ccccc2)c2ccccc2)cc1. The van der Waals surface area contributed by atoms with E-state index < -0.39 is 0 Å². The van der Waals surface area contributed by atoms with E-state index in [-0.39, 0.29) is 0 Å². The molecule has 592 valence electrons. The van der Waals surface area contributed by atoms with E-state index in [0.29, 0.717) is 0 Å². The molecule has 0 aliphatic rings. The average Bonchev–Trinajstić information content (AvgIpc) is 1.58. The van der Waals surface area contributed by atoms with Crippen LogP contribution in [-0.4, -0.2) is 27.4 Å². The first kappa shape index (κ1) is 75.3. The summed E-state index contributed by atoms with van der Waals surface area (Å²) in [5, 5.41) is 9.69. The summed E-state index contributed by atoms with van der Waals surface area (Å²) in [6.45, 7) is 17.3. The molecule has 22 rings (SSSR count). The number of benzene rings is 16. The van der Waals surface area contributed by atoms with E-state index in [9.17, 15) is 0 Å². The molecular weight excluding hydrogens is 1510 g/mol. The Morgan fingerprint density at radius 3 is 0.734 bits per heavy atom. The van der Waals surface area contributed by atoms with Crippen LogP contribution in [0.5, 0.6) is 0 Å². The maximum absolute atomic E-state index is 4.63. The molecule has 8 nitrogen and oxygen atoms in total. The largest absolute Gasteiger partial charge is 0.311 e.